The number of amides is 1. The van der Waals surface area contributed by atoms with Gasteiger partial charge in [0.15, 0.2) is 0 Å². The number of ether oxygens (including phenoxy) is 1. The molecule has 0 aliphatic heterocycles. The van der Waals surface area contributed by atoms with E-state index in [1.54, 1.807) is 30.2 Å². The quantitative estimate of drug-likeness (QED) is 0.484. The number of thioether (sulfide) groups is 1. The van der Waals surface area contributed by atoms with Crippen LogP contribution in [-0.2, 0) is 10.5 Å². The van der Waals surface area contributed by atoms with Gasteiger partial charge < -0.3 is 10.1 Å². The van der Waals surface area contributed by atoms with E-state index >= 15 is 0 Å². The minimum Gasteiger partial charge on any atom is -0.497 e. The van der Waals surface area contributed by atoms with Crippen LogP contribution in [-0.4, -0.2) is 23.8 Å². The summed E-state index contributed by atoms with van der Waals surface area (Å²) < 4.78 is 6.07. The summed E-state index contributed by atoms with van der Waals surface area (Å²) in [4.78, 5) is 16.8. The van der Waals surface area contributed by atoms with Crippen LogP contribution in [0.1, 0.15) is 11.3 Å². The van der Waals surface area contributed by atoms with E-state index in [-0.39, 0.29) is 5.91 Å². The van der Waals surface area contributed by atoms with E-state index in [1.807, 2.05) is 54.8 Å². The fourth-order valence-corrected chi connectivity index (χ4v) is 4.64. The van der Waals surface area contributed by atoms with E-state index in [0.29, 0.717) is 11.5 Å². The second-order valence-corrected chi connectivity index (χ2v) is 8.59. The number of nitrogens with zero attached hydrogens (tertiary/aromatic N) is 1. The van der Waals surface area contributed by atoms with Crippen LogP contribution in [0, 0.1) is 6.92 Å². The number of aromatic nitrogens is 1. The van der Waals surface area contributed by atoms with Gasteiger partial charge in [0, 0.05) is 21.2 Å². The van der Waals surface area contributed by atoms with Gasteiger partial charge in [-0.3, -0.25) is 4.79 Å². The third-order valence-electron chi connectivity index (χ3n) is 3.77. The fourth-order valence-electron chi connectivity index (χ4n) is 2.40. The highest BCUT2D eigenvalue weighted by Gasteiger charge is 2.09. The number of carbonyl (C=O) groups is 1. The van der Waals surface area contributed by atoms with Gasteiger partial charge in [-0.15, -0.1) is 23.1 Å². The number of thiazole rings is 1. The van der Waals surface area contributed by atoms with Crippen LogP contribution in [0.4, 0.5) is 5.69 Å². The highest BCUT2D eigenvalue weighted by Crippen LogP contribution is 2.27. The number of methoxy groups -OCH3 is 1. The number of nitrogens with one attached hydrogen (secondary N) is 1. The van der Waals surface area contributed by atoms with E-state index < -0.39 is 0 Å². The SMILES string of the molecule is COc1ccc(-c2nc(CSCC(=O)Nc3ccc(C)cc3Br)cs2)cc1. The van der Waals surface area contributed by atoms with Crippen molar-refractivity contribution in [1.82, 2.24) is 4.98 Å². The van der Waals surface area contributed by atoms with E-state index in [2.05, 4.69) is 26.2 Å². The summed E-state index contributed by atoms with van der Waals surface area (Å²) in [5.41, 5.74) is 3.99. The van der Waals surface area contributed by atoms with Crippen molar-refractivity contribution in [2.45, 2.75) is 12.7 Å². The van der Waals surface area contributed by atoms with Gasteiger partial charge in [-0.05, 0) is 64.8 Å². The number of aryl methyl sites for hydroxylation is 1. The molecule has 3 rings (SSSR count). The minimum absolute atomic E-state index is 0.0184. The molecule has 27 heavy (non-hydrogen) atoms. The molecular weight excluding hydrogens is 444 g/mol. The van der Waals surface area contributed by atoms with Gasteiger partial charge in [0.25, 0.3) is 0 Å². The Morgan fingerprint density at radius 2 is 2.04 bits per heavy atom. The first-order valence-corrected chi connectivity index (χ1v) is 11.1. The number of rotatable bonds is 7. The average molecular weight is 463 g/mol. The molecule has 0 unspecified atom stereocenters. The zero-order valence-electron chi connectivity index (χ0n) is 15.0. The molecule has 1 N–H and O–H groups in total. The molecule has 0 aliphatic carbocycles. The highest BCUT2D eigenvalue weighted by molar-refractivity contribution is 9.10. The molecule has 0 saturated heterocycles. The lowest BCUT2D eigenvalue weighted by molar-refractivity contribution is -0.113. The van der Waals surface area contributed by atoms with Crippen LogP contribution < -0.4 is 10.1 Å². The molecule has 1 aromatic heterocycles. The topological polar surface area (TPSA) is 51.2 Å². The normalized spacial score (nSPS) is 10.6. The summed E-state index contributed by atoms with van der Waals surface area (Å²) in [6.45, 7) is 2.01. The Bertz CT molecular complexity index is 926. The van der Waals surface area contributed by atoms with Crippen LogP contribution in [0.25, 0.3) is 10.6 Å². The number of benzene rings is 2. The van der Waals surface area contributed by atoms with Crippen molar-refractivity contribution in [2.24, 2.45) is 0 Å². The molecule has 3 aromatic rings. The van der Waals surface area contributed by atoms with Gasteiger partial charge in [0.2, 0.25) is 5.91 Å². The number of halogens is 1. The summed E-state index contributed by atoms with van der Waals surface area (Å²) in [7, 11) is 1.65. The summed E-state index contributed by atoms with van der Waals surface area (Å²) >= 11 is 6.64. The lowest BCUT2D eigenvalue weighted by atomic mass is 10.2. The van der Waals surface area contributed by atoms with E-state index in [1.165, 1.54) is 0 Å². The van der Waals surface area contributed by atoms with E-state index in [0.717, 1.165) is 37.7 Å². The van der Waals surface area contributed by atoms with Gasteiger partial charge in [-0.25, -0.2) is 4.98 Å². The first-order valence-electron chi connectivity index (χ1n) is 8.28. The molecule has 1 heterocycles. The summed E-state index contributed by atoms with van der Waals surface area (Å²) in [5, 5.41) is 5.95. The third-order valence-corrected chi connectivity index (χ3v) is 6.33. The lowest BCUT2D eigenvalue weighted by Gasteiger charge is -2.07. The predicted molar refractivity (Wildman–Crippen MR) is 118 cm³/mol. The number of hydrogen-bond acceptors (Lipinski definition) is 5. The van der Waals surface area contributed by atoms with Crippen molar-refractivity contribution in [3.8, 4) is 16.3 Å². The Kier molecular flexibility index (Phi) is 6.93. The molecule has 0 aliphatic rings. The number of carbonyl (C=O) groups excluding carboxylic acids is 1. The Morgan fingerprint density at radius 3 is 2.74 bits per heavy atom. The second-order valence-electron chi connectivity index (χ2n) is 5.90. The zero-order valence-corrected chi connectivity index (χ0v) is 18.2. The van der Waals surface area contributed by atoms with Crippen LogP contribution in [0.3, 0.4) is 0 Å². The van der Waals surface area contributed by atoms with Gasteiger partial charge in [0.1, 0.15) is 10.8 Å². The van der Waals surface area contributed by atoms with Crippen molar-refractivity contribution in [2.75, 3.05) is 18.2 Å². The van der Waals surface area contributed by atoms with Gasteiger partial charge in [-0.1, -0.05) is 6.07 Å². The highest BCUT2D eigenvalue weighted by atomic mass is 79.9. The minimum atomic E-state index is -0.0184. The van der Waals surface area contributed by atoms with Crippen LogP contribution >= 0.6 is 39.0 Å². The molecular formula is C20H19BrN2O2S2. The summed E-state index contributed by atoms with van der Waals surface area (Å²) in [6, 6.07) is 13.7. The Balaban J connectivity index is 1.50. The van der Waals surface area contributed by atoms with Crippen molar-refractivity contribution in [3.05, 3.63) is 63.6 Å². The fraction of sp³-hybridized carbons (Fsp3) is 0.200. The third kappa shape index (κ3) is 5.57. The Morgan fingerprint density at radius 1 is 1.26 bits per heavy atom. The molecule has 2 aromatic carbocycles. The smallest absolute Gasteiger partial charge is 0.234 e. The molecule has 4 nitrogen and oxygen atoms in total. The predicted octanol–water partition coefficient (Wildman–Crippen LogP) is 5.76. The molecule has 0 atom stereocenters. The van der Waals surface area contributed by atoms with Crippen molar-refractivity contribution < 1.29 is 9.53 Å². The van der Waals surface area contributed by atoms with Gasteiger partial charge in [-0.2, -0.15) is 0 Å². The molecule has 0 radical (unpaired) electrons. The molecule has 7 heteroatoms. The zero-order chi connectivity index (χ0) is 19.2. The van der Waals surface area contributed by atoms with Crippen LogP contribution in [0.2, 0.25) is 0 Å². The molecule has 0 bridgehead atoms. The van der Waals surface area contributed by atoms with E-state index in [4.69, 9.17) is 4.74 Å². The maximum Gasteiger partial charge on any atom is 0.234 e. The average Bonchev–Trinajstić information content (AvgIpc) is 3.13. The van der Waals surface area contributed by atoms with E-state index in [9.17, 15) is 4.79 Å². The summed E-state index contributed by atoms with van der Waals surface area (Å²) in [6.07, 6.45) is 0. The Hall–Kier alpha value is -1.83. The number of anilines is 1. The first-order chi connectivity index (χ1) is 13.0. The lowest BCUT2D eigenvalue weighted by Crippen LogP contribution is -2.14. The van der Waals surface area contributed by atoms with Crippen LogP contribution in [0.15, 0.2) is 52.3 Å². The molecule has 140 valence electrons. The largest absolute Gasteiger partial charge is 0.497 e. The Labute approximate surface area is 175 Å². The monoisotopic (exact) mass is 462 g/mol. The molecule has 0 fully saturated rings. The van der Waals surface area contributed by atoms with Gasteiger partial charge in [0.05, 0.1) is 24.2 Å². The van der Waals surface area contributed by atoms with Crippen LogP contribution in [0.5, 0.6) is 5.75 Å². The standard InChI is InChI=1S/C20H19BrN2O2S2/c1-13-3-8-18(17(21)9-13)23-19(24)12-26-10-15-11-27-20(22-15)14-4-6-16(25-2)7-5-14/h3-9,11H,10,12H2,1-2H3,(H,23,24). The molecule has 0 saturated carbocycles. The van der Waals surface area contributed by atoms with Crippen molar-refractivity contribution in [3.63, 3.8) is 0 Å². The number of hydrogen-bond donors (Lipinski definition) is 1. The first kappa shape index (κ1) is 19.9. The van der Waals surface area contributed by atoms with Crippen molar-refractivity contribution in [1.29, 1.82) is 0 Å². The maximum absolute atomic E-state index is 12.1. The van der Waals surface area contributed by atoms with Crippen molar-refractivity contribution >= 4 is 50.6 Å². The summed E-state index contributed by atoms with van der Waals surface area (Å²) in [5.74, 6) is 1.90. The molecule has 1 amide bonds. The molecule has 0 spiro atoms. The maximum atomic E-state index is 12.1. The second kappa shape index (κ2) is 9.39. The van der Waals surface area contributed by atoms with Gasteiger partial charge >= 0.3 is 0 Å².